The largest absolute Gasteiger partial charge is 0.384 e. The van der Waals surface area contributed by atoms with E-state index in [0.717, 1.165) is 6.54 Å². The average Bonchev–Trinajstić information content (AvgIpc) is 2.27. The van der Waals surface area contributed by atoms with Gasteiger partial charge in [0.1, 0.15) is 0 Å². The van der Waals surface area contributed by atoms with Crippen LogP contribution in [0.25, 0.3) is 0 Å². The van der Waals surface area contributed by atoms with Crippen LogP contribution in [0.4, 0.5) is 5.69 Å². The average molecular weight is 232 g/mol. The van der Waals surface area contributed by atoms with E-state index in [0.29, 0.717) is 17.9 Å². The molecule has 2 nitrogen and oxygen atoms in total. The predicted octanol–water partition coefficient (Wildman–Crippen LogP) is 3.47. The lowest BCUT2D eigenvalue weighted by atomic mass is 9.86. The van der Waals surface area contributed by atoms with Gasteiger partial charge in [-0.05, 0) is 43.1 Å². The summed E-state index contributed by atoms with van der Waals surface area (Å²) in [5.41, 5.74) is 4.21. The van der Waals surface area contributed by atoms with Gasteiger partial charge >= 0.3 is 0 Å². The van der Waals surface area contributed by atoms with Crippen LogP contribution >= 0.6 is 0 Å². The lowest BCUT2D eigenvalue weighted by Gasteiger charge is -2.37. The van der Waals surface area contributed by atoms with Crippen molar-refractivity contribution in [1.29, 1.82) is 0 Å². The van der Waals surface area contributed by atoms with Gasteiger partial charge in [0.15, 0.2) is 0 Å². The maximum absolute atomic E-state index is 3.54. The Morgan fingerprint density at radius 1 is 1.29 bits per heavy atom. The summed E-state index contributed by atoms with van der Waals surface area (Å²) >= 11 is 0. The third-order valence-corrected chi connectivity index (χ3v) is 3.77. The molecule has 0 radical (unpaired) electrons. The van der Waals surface area contributed by atoms with Gasteiger partial charge in [-0.1, -0.05) is 32.9 Å². The number of hydrogen-bond donors (Lipinski definition) is 1. The van der Waals surface area contributed by atoms with E-state index in [2.05, 4.69) is 63.3 Å². The molecule has 1 aliphatic heterocycles. The SMILES string of the molecule is CC(C)c1ccc2c(c1)C(N(C)C)C(C)CN2. The Kier molecular flexibility index (Phi) is 3.43. The minimum atomic E-state index is 0.532. The van der Waals surface area contributed by atoms with Crippen LogP contribution in [0.2, 0.25) is 0 Å². The summed E-state index contributed by atoms with van der Waals surface area (Å²) in [6.07, 6.45) is 0. The second-order valence-electron chi connectivity index (χ2n) is 5.77. The van der Waals surface area contributed by atoms with Gasteiger partial charge in [-0.2, -0.15) is 0 Å². The fourth-order valence-electron chi connectivity index (χ4n) is 2.82. The molecule has 1 N–H and O–H groups in total. The van der Waals surface area contributed by atoms with Gasteiger partial charge in [0.2, 0.25) is 0 Å². The molecule has 1 aliphatic rings. The first kappa shape index (κ1) is 12.4. The summed E-state index contributed by atoms with van der Waals surface area (Å²) in [5.74, 6) is 1.25. The summed E-state index contributed by atoms with van der Waals surface area (Å²) in [5, 5.41) is 3.54. The minimum Gasteiger partial charge on any atom is -0.384 e. The monoisotopic (exact) mass is 232 g/mol. The Balaban J connectivity index is 2.45. The summed E-state index contributed by atoms with van der Waals surface area (Å²) in [7, 11) is 4.36. The highest BCUT2D eigenvalue weighted by atomic mass is 15.1. The van der Waals surface area contributed by atoms with Gasteiger partial charge in [-0.15, -0.1) is 0 Å². The molecule has 0 saturated carbocycles. The summed E-state index contributed by atoms with van der Waals surface area (Å²) in [6, 6.07) is 7.41. The van der Waals surface area contributed by atoms with E-state index in [4.69, 9.17) is 0 Å². The number of rotatable bonds is 2. The first-order valence-corrected chi connectivity index (χ1v) is 6.55. The maximum Gasteiger partial charge on any atom is 0.0404 e. The second-order valence-corrected chi connectivity index (χ2v) is 5.77. The zero-order valence-electron chi connectivity index (χ0n) is 11.6. The lowest BCUT2D eigenvalue weighted by Crippen LogP contribution is -2.34. The summed E-state index contributed by atoms with van der Waals surface area (Å²) in [4.78, 5) is 2.34. The van der Waals surface area contributed by atoms with E-state index in [1.54, 1.807) is 0 Å². The van der Waals surface area contributed by atoms with Gasteiger partial charge in [-0.3, -0.25) is 0 Å². The molecule has 2 heteroatoms. The normalized spacial score (nSPS) is 23.7. The molecule has 2 unspecified atom stereocenters. The van der Waals surface area contributed by atoms with E-state index in [9.17, 15) is 0 Å². The van der Waals surface area contributed by atoms with Crippen LogP contribution in [0.15, 0.2) is 18.2 Å². The zero-order chi connectivity index (χ0) is 12.6. The molecule has 0 saturated heterocycles. The summed E-state index contributed by atoms with van der Waals surface area (Å²) < 4.78 is 0. The molecule has 94 valence electrons. The van der Waals surface area contributed by atoms with E-state index >= 15 is 0 Å². The zero-order valence-corrected chi connectivity index (χ0v) is 11.6. The Morgan fingerprint density at radius 2 is 2.00 bits per heavy atom. The molecule has 1 aromatic carbocycles. The van der Waals surface area contributed by atoms with Gasteiger partial charge in [0.05, 0.1) is 0 Å². The molecular weight excluding hydrogens is 208 g/mol. The van der Waals surface area contributed by atoms with Crippen LogP contribution in [0.3, 0.4) is 0 Å². The van der Waals surface area contributed by atoms with Crippen LogP contribution in [0.1, 0.15) is 43.9 Å². The third-order valence-electron chi connectivity index (χ3n) is 3.77. The van der Waals surface area contributed by atoms with E-state index in [1.165, 1.54) is 16.8 Å². The quantitative estimate of drug-likeness (QED) is 0.840. The van der Waals surface area contributed by atoms with Crippen molar-refractivity contribution in [1.82, 2.24) is 4.90 Å². The molecule has 2 rings (SSSR count). The molecule has 0 fully saturated rings. The van der Waals surface area contributed by atoms with Crippen molar-refractivity contribution in [2.45, 2.75) is 32.7 Å². The van der Waals surface area contributed by atoms with Crippen molar-refractivity contribution in [3.05, 3.63) is 29.3 Å². The number of hydrogen-bond acceptors (Lipinski definition) is 2. The van der Waals surface area contributed by atoms with Gasteiger partial charge in [0.25, 0.3) is 0 Å². The first-order valence-electron chi connectivity index (χ1n) is 6.55. The molecule has 0 bridgehead atoms. The van der Waals surface area contributed by atoms with Crippen molar-refractivity contribution in [2.24, 2.45) is 5.92 Å². The Labute approximate surface area is 105 Å². The van der Waals surface area contributed by atoms with E-state index in [1.807, 2.05) is 0 Å². The fourth-order valence-corrected chi connectivity index (χ4v) is 2.82. The number of benzene rings is 1. The van der Waals surface area contributed by atoms with Crippen LogP contribution in [0, 0.1) is 5.92 Å². The van der Waals surface area contributed by atoms with Crippen LogP contribution in [-0.4, -0.2) is 25.5 Å². The number of nitrogens with one attached hydrogen (secondary N) is 1. The van der Waals surface area contributed by atoms with E-state index in [-0.39, 0.29) is 0 Å². The van der Waals surface area contributed by atoms with Gasteiger partial charge in [0, 0.05) is 18.3 Å². The molecular formula is C15H24N2. The predicted molar refractivity (Wildman–Crippen MR) is 74.6 cm³/mol. The van der Waals surface area contributed by atoms with Crippen molar-refractivity contribution < 1.29 is 0 Å². The Morgan fingerprint density at radius 3 is 2.59 bits per heavy atom. The third kappa shape index (κ3) is 2.32. The minimum absolute atomic E-state index is 0.532. The maximum atomic E-state index is 3.54. The van der Waals surface area contributed by atoms with Crippen molar-refractivity contribution in [3.63, 3.8) is 0 Å². The number of nitrogens with zero attached hydrogens (tertiary/aromatic N) is 1. The summed E-state index contributed by atoms with van der Waals surface area (Å²) in [6.45, 7) is 7.90. The Hall–Kier alpha value is -1.02. The Bertz CT molecular complexity index is 396. The van der Waals surface area contributed by atoms with Crippen molar-refractivity contribution in [2.75, 3.05) is 26.0 Å². The smallest absolute Gasteiger partial charge is 0.0404 e. The molecule has 17 heavy (non-hydrogen) atoms. The standard InChI is InChI=1S/C15H24N2/c1-10(2)12-6-7-14-13(8-12)15(17(4)5)11(3)9-16-14/h6-8,10-11,15-16H,9H2,1-5H3. The van der Waals surface area contributed by atoms with Crippen LogP contribution < -0.4 is 5.32 Å². The van der Waals surface area contributed by atoms with Crippen LogP contribution in [0.5, 0.6) is 0 Å². The molecule has 1 aromatic rings. The highest BCUT2D eigenvalue weighted by Gasteiger charge is 2.28. The fraction of sp³-hybridized carbons (Fsp3) is 0.600. The number of anilines is 1. The van der Waals surface area contributed by atoms with Crippen molar-refractivity contribution in [3.8, 4) is 0 Å². The number of fused-ring (bicyclic) bond motifs is 1. The van der Waals surface area contributed by atoms with Gasteiger partial charge < -0.3 is 10.2 Å². The van der Waals surface area contributed by atoms with Crippen molar-refractivity contribution >= 4 is 5.69 Å². The molecule has 0 aliphatic carbocycles. The molecule has 0 spiro atoms. The lowest BCUT2D eigenvalue weighted by molar-refractivity contribution is 0.225. The second kappa shape index (κ2) is 4.69. The molecule has 2 atom stereocenters. The topological polar surface area (TPSA) is 15.3 Å². The van der Waals surface area contributed by atoms with E-state index < -0.39 is 0 Å². The molecule has 0 aromatic heterocycles. The first-order chi connectivity index (χ1) is 8.00. The van der Waals surface area contributed by atoms with Crippen LogP contribution in [-0.2, 0) is 0 Å². The highest BCUT2D eigenvalue weighted by Crippen LogP contribution is 2.37. The highest BCUT2D eigenvalue weighted by molar-refractivity contribution is 5.56. The molecule has 1 heterocycles. The molecule has 0 amide bonds. The van der Waals surface area contributed by atoms with Gasteiger partial charge in [-0.25, -0.2) is 0 Å².